The van der Waals surface area contributed by atoms with Crippen LogP contribution in [0.3, 0.4) is 0 Å². The van der Waals surface area contributed by atoms with E-state index in [-0.39, 0.29) is 109 Å². The third kappa shape index (κ3) is 69.0. The Labute approximate surface area is 806 Å². The van der Waals surface area contributed by atoms with Crippen LogP contribution in [-0.4, -0.2) is 207 Å². The minimum atomic E-state index is -0.912. The van der Waals surface area contributed by atoms with Crippen molar-refractivity contribution < 1.29 is 86.8 Å². The Bertz CT molecular complexity index is 3690. The summed E-state index contributed by atoms with van der Waals surface area (Å²) in [7, 11) is 13.9. The number of benzene rings is 4. The number of carboxylic acids is 2. The van der Waals surface area contributed by atoms with Crippen LogP contribution >= 0.6 is 0 Å². The number of unbranched alkanes of at least 4 members (excludes halogenated alkanes) is 9. The number of fused-ring (bicyclic) bond motifs is 6. The second-order valence-electron chi connectivity index (χ2n) is 31.4. The average Bonchev–Trinajstić information content (AvgIpc) is 1.62. The number of carboxylic acid groups (broad SMARTS) is 2. The Hall–Kier alpha value is -9.94. The van der Waals surface area contributed by atoms with Crippen LogP contribution in [0.4, 0.5) is 4.79 Å². The Morgan fingerprint density at radius 2 is 0.672 bits per heavy atom. The maximum absolute atomic E-state index is 12.9. The molecule has 0 aliphatic heterocycles. The van der Waals surface area contributed by atoms with E-state index in [1.807, 2.05) is 125 Å². The number of rotatable bonds is 55. The molecule has 0 bridgehead atoms. The Morgan fingerprint density at radius 3 is 0.963 bits per heavy atom. The lowest BCUT2D eigenvalue weighted by Crippen LogP contribution is -2.41. The van der Waals surface area contributed by atoms with E-state index >= 15 is 0 Å². The lowest BCUT2D eigenvalue weighted by atomic mass is 9.97. The quantitative estimate of drug-likeness (QED) is 0.0144. The van der Waals surface area contributed by atoms with Crippen molar-refractivity contribution in [2.24, 2.45) is 11.7 Å². The molecule has 0 saturated carbocycles. The Morgan fingerprint density at radius 1 is 0.366 bits per heavy atom. The van der Waals surface area contributed by atoms with Crippen molar-refractivity contribution in [3.05, 3.63) is 119 Å². The summed E-state index contributed by atoms with van der Waals surface area (Å²) in [6.45, 7) is 27.5. The van der Waals surface area contributed by atoms with Crippen LogP contribution in [0.25, 0.3) is 22.3 Å². The molecule has 4 unspecified atom stereocenters. The van der Waals surface area contributed by atoms with Crippen LogP contribution in [0.5, 0.6) is 0 Å². The van der Waals surface area contributed by atoms with Gasteiger partial charge in [0, 0.05) is 118 Å². The summed E-state index contributed by atoms with van der Waals surface area (Å²) in [5, 5.41) is 45.0. The fraction of sp³-hybridized carbons (Fsp3) is 0.638. The third-order valence-corrected chi connectivity index (χ3v) is 20.8. The minimum absolute atomic E-state index is 0. The fourth-order valence-corrected chi connectivity index (χ4v) is 13.8. The van der Waals surface area contributed by atoms with Gasteiger partial charge in [0.05, 0.1) is 30.5 Å². The molecule has 4 aromatic rings. The molecule has 14 N–H and O–H groups in total. The zero-order valence-electron chi connectivity index (χ0n) is 85.3. The number of carbonyl (C=O) groups is 14. The highest BCUT2D eigenvalue weighted by Crippen LogP contribution is 2.46. The van der Waals surface area contributed by atoms with Gasteiger partial charge < -0.3 is 88.2 Å². The van der Waals surface area contributed by atoms with Crippen LogP contribution in [0.2, 0.25) is 0 Å². The van der Waals surface area contributed by atoms with E-state index in [1.165, 1.54) is 29.2 Å². The first kappa shape index (κ1) is 135. The molecule has 0 heterocycles. The molecule has 0 fully saturated rings. The highest BCUT2D eigenvalue weighted by atomic mass is 16.5. The maximum Gasteiger partial charge on any atom is 0.407 e. The third-order valence-electron chi connectivity index (χ3n) is 20.8. The average molecular weight is 1890 g/mol. The van der Waals surface area contributed by atoms with Crippen molar-refractivity contribution in [3.63, 3.8) is 0 Å². The second-order valence-corrected chi connectivity index (χ2v) is 31.4. The topological polar surface area (TPSA) is 444 Å². The molecule has 29 heteroatoms. The van der Waals surface area contributed by atoms with Gasteiger partial charge >= 0.3 is 18.0 Å². The molecule has 4 atom stereocenters. The number of likely N-dealkylation sites (N-methyl/N-ethyl adjacent to an activating group) is 2. The molecule has 764 valence electrons. The monoisotopic (exact) mass is 1880 g/mol. The molecule has 6 amide bonds. The number of carbonyl (C=O) groups excluding carboxylic acids is 12. The van der Waals surface area contributed by atoms with Crippen molar-refractivity contribution in [3.8, 4) is 22.3 Å². The minimum Gasteiger partial charge on any atom is -0.481 e. The Balaban J connectivity index is -0.000000374. The number of hydrogen-bond acceptors (Lipinski definition) is 21. The molecule has 0 aromatic heterocycles. The molecule has 6 rings (SSSR count). The molecule has 4 aromatic carbocycles. The van der Waals surface area contributed by atoms with Gasteiger partial charge in [0.1, 0.15) is 36.3 Å². The van der Waals surface area contributed by atoms with E-state index in [0.29, 0.717) is 83.7 Å². The van der Waals surface area contributed by atoms with E-state index in [0.717, 1.165) is 177 Å². The number of aliphatic carboxylic acids is 2. The Kier molecular flexibility index (Phi) is 92.7. The van der Waals surface area contributed by atoms with Gasteiger partial charge in [0.25, 0.3) is 5.97 Å². The number of Topliss-reactive ketones (excluding diaryl/α,β-unsaturated/α-hetero) is 5. The first-order chi connectivity index (χ1) is 63.9. The summed E-state index contributed by atoms with van der Waals surface area (Å²) in [5.74, 6) is -1.74. The van der Waals surface area contributed by atoms with Gasteiger partial charge in [-0.25, -0.2) is 4.79 Å². The van der Waals surface area contributed by atoms with Gasteiger partial charge in [-0.15, -0.1) is 0 Å². The number of esters is 1. The maximum atomic E-state index is 12.9. The number of amides is 6. The van der Waals surface area contributed by atoms with E-state index in [9.17, 15) is 67.4 Å². The SMILES string of the molecule is C.CC.CC.CC.CC(=O)O.CCCC(C)=O.CCCC(C)=O.CCCCCCC(CC(=O)OCC1c2ccccc2-c2ccccc21)C(=O)O.CNC(=O)CCCCC(=O)C(CCCCNC(C)=O)NC.CNC(=O)CCCN.CNCCCCC(NC(=O)OCC1c2ccccc2-c2ccccc21)C(=O)CCCCC(=O)NC.CNCCCCC(NC)C(=O)CCCCC(=O)NC. The summed E-state index contributed by atoms with van der Waals surface area (Å²) in [4.78, 5) is 157. The van der Waals surface area contributed by atoms with Gasteiger partial charge in [-0.1, -0.05) is 199 Å². The van der Waals surface area contributed by atoms with Gasteiger partial charge in [-0.05, 0) is 222 Å². The fourth-order valence-electron chi connectivity index (χ4n) is 13.8. The van der Waals surface area contributed by atoms with E-state index in [1.54, 1.807) is 49.1 Å². The number of ether oxygens (including phenoxy) is 2. The normalized spacial score (nSPS) is 11.4. The molecule has 2 aliphatic rings. The molecular formula is C105H181N11O18. The molecule has 134 heavy (non-hydrogen) atoms. The van der Waals surface area contributed by atoms with Crippen molar-refractivity contribution in [1.82, 2.24) is 53.2 Å². The highest BCUT2D eigenvalue weighted by Gasteiger charge is 2.32. The zero-order chi connectivity index (χ0) is 102. The predicted octanol–water partition coefficient (Wildman–Crippen LogP) is 17.2. The molecule has 2 aliphatic carbocycles. The van der Waals surface area contributed by atoms with E-state index in [4.69, 9.17) is 25.1 Å². The molecule has 0 spiro atoms. The van der Waals surface area contributed by atoms with Crippen LogP contribution in [-0.2, 0) is 71.8 Å². The summed E-state index contributed by atoms with van der Waals surface area (Å²) in [5.41, 5.74) is 14.5. The number of nitrogens with two attached hydrogens (primary N) is 1. The van der Waals surface area contributed by atoms with Crippen LogP contribution in [0, 0.1) is 5.92 Å². The zero-order valence-corrected chi connectivity index (χ0v) is 85.3. The second kappa shape index (κ2) is 92.1. The van der Waals surface area contributed by atoms with Crippen molar-refractivity contribution in [1.29, 1.82) is 0 Å². The smallest absolute Gasteiger partial charge is 0.407 e. The number of nitrogens with one attached hydrogen (secondary N) is 10. The van der Waals surface area contributed by atoms with E-state index < -0.39 is 36.0 Å². The van der Waals surface area contributed by atoms with Crippen molar-refractivity contribution >= 4 is 82.5 Å². The van der Waals surface area contributed by atoms with Crippen LogP contribution in [0.1, 0.15) is 343 Å². The van der Waals surface area contributed by atoms with Gasteiger partial charge in [-0.3, -0.25) is 52.7 Å². The highest BCUT2D eigenvalue weighted by molar-refractivity contribution is 5.88. The summed E-state index contributed by atoms with van der Waals surface area (Å²) in [6, 6.07) is 32.0. The van der Waals surface area contributed by atoms with E-state index in [2.05, 4.69) is 109 Å². The first-order valence-electron chi connectivity index (χ1n) is 48.8. The number of ketones is 5. The number of hydrogen-bond donors (Lipinski definition) is 13. The lowest BCUT2D eigenvalue weighted by Gasteiger charge is -2.19. The van der Waals surface area contributed by atoms with Crippen molar-refractivity contribution in [2.45, 2.75) is 339 Å². The largest absolute Gasteiger partial charge is 0.481 e. The van der Waals surface area contributed by atoms with Crippen LogP contribution < -0.4 is 58.9 Å². The number of alkyl carbamates (subject to hydrolysis) is 1. The first-order valence-corrected chi connectivity index (χ1v) is 48.8. The van der Waals surface area contributed by atoms with Gasteiger partial charge in [0.2, 0.25) is 29.5 Å². The molecule has 0 saturated heterocycles. The van der Waals surface area contributed by atoms with Crippen molar-refractivity contribution in [2.75, 3.05) is 95.8 Å². The molecule has 29 nitrogen and oxygen atoms in total. The summed E-state index contributed by atoms with van der Waals surface area (Å²) < 4.78 is 11.2. The van der Waals surface area contributed by atoms with Gasteiger partial charge in [-0.2, -0.15) is 0 Å². The standard InChI is InChI=1S/C28H37N3O4.C24H28O4.C15H29N3O3.C14H29N3O2.C5H12N2O.2C5H10O.C2H4O2.3C2H6.CH4/c1-29-18-10-9-15-25(26(32)16-7-8-17-27(33)30-2)31-28(34)35-19-24-22-13-5-3-11-20(22)21-12-4-6-14-23(21)24;1-2-3-4-5-10-17(24(26)27)15-23(25)28-16-22-20-13-8-6-11-18(20)19-12-7-9-14-21(19)22;1-12(19)18-11-7-6-8-13(16-2)14(20)9-4-5-10-15(21)17-3;1-15-11-7-6-8-12(16-2)13(18)9-4-5-10-14(19)17-3;1-7-5(8)3-2-4-6;2*1-3-4-5(2)6;1-2(3)4;3*1-2;/h3-6,11-14,24-25,29H,7-10,15-19H2,1-2H3,(H,30,33)(H,31,34);6-9,11-14,17,22H,2-5,10,15-16H2,1H3,(H,26,27);13,16H,4-11H2,1-3H3,(H,17,21)(H,18,19);12,15-16H,4-11H2,1-3H3,(H,17,19);2-4,6H2,1H3,(H,7,8);2*3-4H2,1-2H3;1H3,(H,3,4);3*1-2H3;1H4. The predicted molar refractivity (Wildman–Crippen MR) is 545 cm³/mol. The lowest BCUT2D eigenvalue weighted by molar-refractivity contribution is -0.152. The summed E-state index contributed by atoms with van der Waals surface area (Å²) >= 11 is 0. The summed E-state index contributed by atoms with van der Waals surface area (Å²) in [6.07, 6.45) is 23.7. The van der Waals surface area contributed by atoms with Gasteiger partial charge in [0.15, 0.2) is 5.78 Å². The molecular weight excluding hydrogens is 1700 g/mol. The molecule has 0 radical (unpaired) electrons. The van der Waals surface area contributed by atoms with Crippen LogP contribution in [0.15, 0.2) is 97.1 Å².